The van der Waals surface area contributed by atoms with Crippen LogP contribution in [0, 0.1) is 0 Å². The summed E-state index contributed by atoms with van der Waals surface area (Å²) in [7, 11) is -24.8. The van der Waals surface area contributed by atoms with Gasteiger partial charge in [0, 0.05) is 10.4 Å². The highest BCUT2D eigenvalue weighted by molar-refractivity contribution is 7.80. The Morgan fingerprint density at radius 1 is 0.318 bits per heavy atom. The van der Waals surface area contributed by atoms with Gasteiger partial charge in [-0.05, 0) is 0 Å². The van der Waals surface area contributed by atoms with Crippen molar-refractivity contribution < 1.29 is 125 Å². The molecule has 1 rings (SSSR count). The van der Waals surface area contributed by atoms with Gasteiger partial charge in [-0.3, -0.25) is 26.6 Å². The maximum atomic E-state index is 8.63. The molecular weight excluding hydrogens is 724 g/mol. The van der Waals surface area contributed by atoms with Gasteiger partial charge in [0.25, 0.3) is 0 Å². The second kappa shape index (κ2) is 32.0. The molecule has 0 spiro atoms. The van der Waals surface area contributed by atoms with Crippen LogP contribution < -0.4 is 31.9 Å². The summed E-state index contributed by atoms with van der Waals surface area (Å²) in [5.41, 5.74) is 0. The summed E-state index contributed by atoms with van der Waals surface area (Å²) < 4.78 is 165. The molecule has 0 amide bonds. The number of hydrogen-bond donors (Lipinski definition) is 10. The molecule has 0 bridgehead atoms. The van der Waals surface area contributed by atoms with Crippen LogP contribution in [0.1, 0.15) is 0 Å². The maximum Gasteiger partial charge on any atom is 0.215 e. The van der Waals surface area contributed by atoms with Crippen LogP contribution >= 0.6 is 0 Å². The summed E-state index contributed by atoms with van der Waals surface area (Å²) in [4.78, 5) is 0. The molecule has 27 nitrogen and oxygen atoms in total. The number of quaternary nitrogens is 6. The van der Waals surface area contributed by atoms with Crippen molar-refractivity contribution in [1.82, 2.24) is 0 Å². The molecule has 32 heteroatoms. The smallest absolute Gasteiger partial charge is 0.215 e. The Morgan fingerprint density at radius 3 is 0.409 bits per heavy atom. The number of rotatable bonds is 0. The van der Waals surface area contributed by atoms with Crippen molar-refractivity contribution >= 4 is 52.0 Å². The fraction of sp³-hybridized carbons (Fsp3) is 1.00. The minimum Gasteiger partial charge on any atom is -0.759 e. The predicted octanol–water partition coefficient (Wildman–Crippen LogP) is -14.8. The first-order chi connectivity index (χ1) is 19.0. The molecule has 44 heavy (non-hydrogen) atoms. The van der Waals surface area contributed by atoms with Gasteiger partial charge in [0.15, 0.2) is 0 Å². The molecule has 0 atom stereocenters. The first kappa shape index (κ1) is 55.5. The van der Waals surface area contributed by atoms with Crippen molar-refractivity contribution in [3.05, 3.63) is 0 Å². The summed E-state index contributed by atoms with van der Waals surface area (Å²) in [6.45, 7) is 15.3. The van der Waals surface area contributed by atoms with E-state index in [-0.39, 0.29) is 5.48 Å². The zero-order valence-corrected chi connectivity index (χ0v) is 26.9. The summed E-state index contributed by atoms with van der Waals surface area (Å²) in [6.07, 6.45) is 0. The van der Waals surface area contributed by atoms with Gasteiger partial charge in [-0.15, -0.1) is 0 Å². The molecule has 1 aliphatic heterocycles. The van der Waals surface area contributed by atoms with Crippen LogP contribution in [-0.2, 0) is 52.0 Å². The molecular formula is C12H42N6O21S5. The third kappa shape index (κ3) is 226. The van der Waals surface area contributed by atoms with Crippen LogP contribution in [0.5, 0.6) is 0 Å². The van der Waals surface area contributed by atoms with E-state index in [1.54, 1.807) is 0 Å². The van der Waals surface area contributed by atoms with Gasteiger partial charge in [-0.2, -0.15) is 0 Å². The Morgan fingerprint density at radius 2 is 0.364 bits per heavy atom. The van der Waals surface area contributed by atoms with Crippen molar-refractivity contribution in [2.45, 2.75) is 0 Å². The van der Waals surface area contributed by atoms with Crippen molar-refractivity contribution in [3.63, 3.8) is 0 Å². The zero-order chi connectivity index (χ0) is 35.2. The summed E-state index contributed by atoms with van der Waals surface area (Å²) >= 11 is 0. The van der Waals surface area contributed by atoms with Crippen molar-refractivity contribution in [2.75, 3.05) is 78.5 Å². The van der Waals surface area contributed by atoms with Gasteiger partial charge in [-0.25, -0.2) is 33.7 Å². The standard InChI is InChI=1S/C12H30N6.5H2O4S.H2O/c1-2-14-5-6-16-9-10-18-12-11-17-8-7-15-4-3-13-1;5*1-5(2,3)4;/h13-18H,1-12H2;5*(H2,1,2,3,4);1H2. The van der Waals surface area contributed by atoms with Crippen molar-refractivity contribution in [1.29, 1.82) is 0 Å². The lowest BCUT2D eigenvalue weighted by Gasteiger charge is -2.06. The molecule has 0 aromatic carbocycles. The van der Waals surface area contributed by atoms with Gasteiger partial charge in [0.1, 0.15) is 78.5 Å². The number of nitrogens with two attached hydrogens (primary N) is 6. The number of hydrogen-bond acceptors (Lipinski definition) is 16. The van der Waals surface area contributed by atoms with Crippen LogP contribution in [0.25, 0.3) is 0 Å². The Hall–Kier alpha value is -0.930. The van der Waals surface area contributed by atoms with E-state index >= 15 is 0 Å². The van der Waals surface area contributed by atoms with E-state index in [1.807, 2.05) is 0 Å². The first-order valence-electron chi connectivity index (χ1n) is 11.3. The zero-order valence-electron chi connectivity index (χ0n) is 22.8. The van der Waals surface area contributed by atoms with Gasteiger partial charge < -0.3 is 64.7 Å². The van der Waals surface area contributed by atoms with Crippen molar-refractivity contribution in [2.24, 2.45) is 0 Å². The summed E-state index contributed by atoms with van der Waals surface area (Å²) in [5.74, 6) is 0. The van der Waals surface area contributed by atoms with E-state index in [2.05, 4.69) is 31.9 Å². The third-order valence-corrected chi connectivity index (χ3v) is 3.45. The van der Waals surface area contributed by atoms with Gasteiger partial charge in [-0.1, -0.05) is 0 Å². The van der Waals surface area contributed by atoms with E-state index in [0.717, 1.165) is 0 Å². The van der Waals surface area contributed by atoms with E-state index in [0.29, 0.717) is 0 Å². The fourth-order valence-corrected chi connectivity index (χ4v) is 2.28. The highest BCUT2D eigenvalue weighted by Gasteiger charge is 2.00. The molecule has 0 saturated carbocycles. The topological polar surface area (TPSA) is 521 Å². The SMILES string of the molecule is C1C[NH2+]CC[NH2+]CC[NH2+]CC[NH2+]CC[NH2+]CC[NH2+]1.O.O=S(=O)([O-])O.O=S(=O)([O-])O.O=S(=O)([O-])O.O=S(=O)([O-])O.O=S(=O)([O-])[O-]. The lowest BCUT2D eigenvalue weighted by molar-refractivity contribution is -0.787. The Bertz CT molecular complexity index is 875. The lowest BCUT2D eigenvalue weighted by Crippen LogP contribution is -3.04. The molecule has 0 aromatic rings. The molecule has 1 fully saturated rings. The second-order valence-corrected chi connectivity index (χ2v) is 11.6. The molecule has 1 saturated heterocycles. The summed E-state index contributed by atoms with van der Waals surface area (Å²) in [5, 5.41) is 14.7. The minimum absolute atomic E-state index is 0. The third-order valence-electron chi connectivity index (χ3n) is 3.45. The molecule has 276 valence electrons. The first-order valence-corrected chi connectivity index (χ1v) is 18.1. The van der Waals surface area contributed by atoms with Crippen LogP contribution in [0.3, 0.4) is 0 Å². The van der Waals surface area contributed by atoms with E-state index in [4.69, 9.17) is 87.6 Å². The average molecular weight is 767 g/mol. The van der Waals surface area contributed by atoms with Gasteiger partial charge in [0.05, 0.1) is 0 Å². The average Bonchev–Trinajstić information content (AvgIpc) is 2.68. The highest BCUT2D eigenvalue weighted by atomic mass is 32.3. The van der Waals surface area contributed by atoms with E-state index in [9.17, 15) is 0 Å². The van der Waals surface area contributed by atoms with E-state index in [1.165, 1.54) is 78.5 Å². The van der Waals surface area contributed by atoms with Crippen LogP contribution in [0.4, 0.5) is 0 Å². The van der Waals surface area contributed by atoms with Crippen molar-refractivity contribution in [3.8, 4) is 0 Å². The molecule has 1 aliphatic rings. The molecule has 0 aromatic heterocycles. The van der Waals surface area contributed by atoms with Gasteiger partial charge >= 0.3 is 0 Å². The summed E-state index contributed by atoms with van der Waals surface area (Å²) in [6, 6.07) is 0. The minimum atomic E-state index is -5.17. The maximum absolute atomic E-state index is 8.63. The lowest BCUT2D eigenvalue weighted by atomic mass is 10.4. The fourth-order valence-electron chi connectivity index (χ4n) is 2.28. The molecule has 1 heterocycles. The normalized spacial score (nSPS) is 16.4. The van der Waals surface area contributed by atoms with Gasteiger partial charge in [0.2, 0.25) is 41.6 Å². The quantitative estimate of drug-likeness (QED) is 0.0808. The Kier molecular flexibility index (Phi) is 40.4. The second-order valence-electron chi connectivity index (χ2n) is 7.32. The van der Waals surface area contributed by atoms with Crippen LogP contribution in [-0.4, -0.2) is 172 Å². The molecule has 0 aliphatic carbocycles. The molecule has 0 unspecified atom stereocenters. The van der Waals surface area contributed by atoms with E-state index < -0.39 is 52.0 Å². The molecule has 0 radical (unpaired) electrons. The monoisotopic (exact) mass is 766 g/mol. The van der Waals surface area contributed by atoms with Crippen LogP contribution in [0.15, 0.2) is 0 Å². The molecule has 18 N–H and O–H groups in total. The Balaban J connectivity index is -0.000000114. The predicted molar refractivity (Wildman–Crippen MR) is 133 cm³/mol. The Labute approximate surface area is 255 Å². The largest absolute Gasteiger partial charge is 0.759 e. The highest BCUT2D eigenvalue weighted by Crippen LogP contribution is 1.60. The van der Waals surface area contributed by atoms with Crippen LogP contribution in [0.2, 0.25) is 0 Å².